The predicted molar refractivity (Wildman–Crippen MR) is 58.4 cm³/mol. The molecule has 15 heavy (non-hydrogen) atoms. The van der Waals surface area contributed by atoms with E-state index in [1.807, 2.05) is 0 Å². The van der Waals surface area contributed by atoms with Crippen molar-refractivity contribution >= 4 is 5.91 Å². The first kappa shape index (κ1) is 10.9. The largest absolute Gasteiger partial charge is 0.389 e. The molecule has 1 N–H and O–H groups in total. The smallest absolute Gasteiger partial charge is 0.222 e. The van der Waals surface area contributed by atoms with Gasteiger partial charge in [0.1, 0.15) is 0 Å². The molecule has 0 aromatic carbocycles. The van der Waals surface area contributed by atoms with Crippen LogP contribution >= 0.6 is 0 Å². The normalized spacial score (nSPS) is 23.1. The molecule has 0 atom stereocenters. The van der Waals surface area contributed by atoms with E-state index in [1.54, 1.807) is 4.90 Å². The minimum absolute atomic E-state index is 0.235. The fraction of sp³-hybridized carbons (Fsp3) is 0.917. The second-order valence-corrected chi connectivity index (χ2v) is 5.00. The number of likely N-dealkylation sites (tertiary alicyclic amines) is 1. The molecule has 86 valence electrons. The zero-order valence-electron chi connectivity index (χ0n) is 9.32. The summed E-state index contributed by atoms with van der Waals surface area (Å²) in [5, 5.41) is 9.07. The van der Waals surface area contributed by atoms with Crippen molar-refractivity contribution in [2.45, 2.75) is 51.0 Å². The zero-order chi connectivity index (χ0) is 10.7. The molecule has 0 aromatic heterocycles. The second kappa shape index (κ2) is 4.97. The van der Waals surface area contributed by atoms with E-state index in [4.69, 9.17) is 5.11 Å². The van der Waals surface area contributed by atoms with Gasteiger partial charge in [0.15, 0.2) is 0 Å². The van der Waals surface area contributed by atoms with Gasteiger partial charge in [0, 0.05) is 19.5 Å². The lowest BCUT2D eigenvalue weighted by atomic mass is 10.00. The molecule has 2 fully saturated rings. The molecule has 0 spiro atoms. The molecule has 1 amide bonds. The van der Waals surface area contributed by atoms with Crippen LogP contribution < -0.4 is 0 Å². The van der Waals surface area contributed by atoms with Crippen molar-refractivity contribution in [3.63, 3.8) is 0 Å². The van der Waals surface area contributed by atoms with E-state index in [9.17, 15) is 4.79 Å². The lowest BCUT2D eigenvalue weighted by Gasteiger charge is -2.36. The van der Waals surface area contributed by atoms with E-state index in [0.29, 0.717) is 19.5 Å². The summed E-state index contributed by atoms with van der Waals surface area (Å²) in [6.07, 6.45) is 8.20. The summed E-state index contributed by atoms with van der Waals surface area (Å²) in [5.41, 5.74) is 0. The maximum Gasteiger partial charge on any atom is 0.222 e. The van der Waals surface area contributed by atoms with Gasteiger partial charge in [0.2, 0.25) is 5.91 Å². The Bertz CT molecular complexity index is 218. The second-order valence-electron chi connectivity index (χ2n) is 5.00. The van der Waals surface area contributed by atoms with Crippen molar-refractivity contribution in [3.05, 3.63) is 0 Å². The van der Waals surface area contributed by atoms with Gasteiger partial charge in [-0.1, -0.05) is 25.7 Å². The molecule has 2 aliphatic rings. The maximum atomic E-state index is 11.6. The number of carbonyl (C=O) groups is 1. The highest BCUT2D eigenvalue weighted by molar-refractivity contribution is 5.77. The van der Waals surface area contributed by atoms with Crippen molar-refractivity contribution in [1.29, 1.82) is 0 Å². The third kappa shape index (κ3) is 2.94. The predicted octanol–water partition coefficient (Wildman–Crippen LogP) is 1.55. The van der Waals surface area contributed by atoms with Gasteiger partial charge in [-0.2, -0.15) is 0 Å². The molecule has 0 unspecified atom stereocenters. The van der Waals surface area contributed by atoms with Crippen LogP contribution in [0.3, 0.4) is 0 Å². The highest BCUT2D eigenvalue weighted by Crippen LogP contribution is 2.29. The van der Waals surface area contributed by atoms with Crippen molar-refractivity contribution in [3.8, 4) is 0 Å². The summed E-state index contributed by atoms with van der Waals surface area (Å²) in [5.74, 6) is 1.12. The summed E-state index contributed by atoms with van der Waals surface area (Å²) in [4.78, 5) is 13.3. The number of aliphatic hydroxyl groups excluding tert-OH is 1. The lowest BCUT2D eigenvalue weighted by molar-refractivity contribution is -0.141. The van der Waals surface area contributed by atoms with Crippen LogP contribution in [-0.2, 0) is 4.79 Å². The summed E-state index contributed by atoms with van der Waals surface area (Å²) < 4.78 is 0. The Hall–Kier alpha value is -0.570. The standard InChI is InChI=1S/C12H21NO2/c14-11-8-13(9-11)12(15)7-3-6-10-4-1-2-5-10/h10-11,14H,1-9H2. The quantitative estimate of drug-likeness (QED) is 0.766. The number of β-amino-alcohol motifs (C(OH)–C–C–N with tert-alkyl or cyclic N) is 1. The van der Waals surface area contributed by atoms with Crippen LogP contribution in [0.25, 0.3) is 0 Å². The molecule has 0 bridgehead atoms. The van der Waals surface area contributed by atoms with Crippen molar-refractivity contribution in [2.75, 3.05) is 13.1 Å². The van der Waals surface area contributed by atoms with Gasteiger partial charge in [0.25, 0.3) is 0 Å². The van der Waals surface area contributed by atoms with E-state index in [2.05, 4.69) is 0 Å². The fourth-order valence-electron chi connectivity index (χ4n) is 2.66. The van der Waals surface area contributed by atoms with E-state index in [1.165, 1.54) is 32.1 Å². The summed E-state index contributed by atoms with van der Waals surface area (Å²) >= 11 is 0. The van der Waals surface area contributed by atoms with Gasteiger partial charge in [-0.15, -0.1) is 0 Å². The highest BCUT2D eigenvalue weighted by atomic mass is 16.3. The minimum atomic E-state index is -0.260. The van der Waals surface area contributed by atoms with Gasteiger partial charge >= 0.3 is 0 Å². The van der Waals surface area contributed by atoms with Crippen LogP contribution in [0.2, 0.25) is 0 Å². The topological polar surface area (TPSA) is 40.5 Å². The van der Waals surface area contributed by atoms with Crippen LogP contribution in [0.1, 0.15) is 44.9 Å². The molecule has 1 aliphatic carbocycles. The lowest BCUT2D eigenvalue weighted by Crippen LogP contribution is -2.53. The van der Waals surface area contributed by atoms with Crippen LogP contribution in [0.15, 0.2) is 0 Å². The first-order valence-electron chi connectivity index (χ1n) is 6.21. The van der Waals surface area contributed by atoms with Crippen LogP contribution in [0.5, 0.6) is 0 Å². The molecular formula is C12H21NO2. The van der Waals surface area contributed by atoms with Gasteiger partial charge in [-0.05, 0) is 18.8 Å². The summed E-state index contributed by atoms with van der Waals surface area (Å²) in [7, 11) is 0. The summed E-state index contributed by atoms with van der Waals surface area (Å²) in [6.45, 7) is 1.12. The average Bonchev–Trinajstić information content (AvgIpc) is 2.65. The van der Waals surface area contributed by atoms with E-state index < -0.39 is 0 Å². The number of carbonyl (C=O) groups excluding carboxylic acids is 1. The molecule has 3 nitrogen and oxygen atoms in total. The molecule has 0 aromatic rings. The monoisotopic (exact) mass is 211 g/mol. The third-order valence-electron chi connectivity index (χ3n) is 3.69. The van der Waals surface area contributed by atoms with Gasteiger partial charge in [-0.25, -0.2) is 0 Å². The van der Waals surface area contributed by atoms with Crippen LogP contribution in [0.4, 0.5) is 0 Å². The number of hydrogen-bond donors (Lipinski definition) is 1. The first-order valence-corrected chi connectivity index (χ1v) is 6.21. The Kier molecular flexibility index (Phi) is 3.62. The molecule has 1 saturated heterocycles. The average molecular weight is 211 g/mol. The highest BCUT2D eigenvalue weighted by Gasteiger charge is 2.28. The molecule has 0 radical (unpaired) electrons. The number of amides is 1. The molecule has 1 aliphatic heterocycles. The molecule has 2 rings (SSSR count). The number of aliphatic hydroxyl groups is 1. The SMILES string of the molecule is O=C(CCCC1CCCC1)N1CC(O)C1. The Morgan fingerprint density at radius 2 is 1.93 bits per heavy atom. The fourth-order valence-corrected chi connectivity index (χ4v) is 2.66. The zero-order valence-corrected chi connectivity index (χ0v) is 9.32. The van der Waals surface area contributed by atoms with E-state index in [-0.39, 0.29) is 12.0 Å². The number of hydrogen-bond acceptors (Lipinski definition) is 2. The number of rotatable bonds is 4. The molecule has 3 heteroatoms. The maximum absolute atomic E-state index is 11.6. The van der Waals surface area contributed by atoms with Gasteiger partial charge < -0.3 is 10.0 Å². The van der Waals surface area contributed by atoms with Crippen molar-refractivity contribution < 1.29 is 9.90 Å². The van der Waals surface area contributed by atoms with Crippen molar-refractivity contribution in [2.24, 2.45) is 5.92 Å². The van der Waals surface area contributed by atoms with Crippen LogP contribution in [0, 0.1) is 5.92 Å². The number of nitrogens with zero attached hydrogens (tertiary/aromatic N) is 1. The molecular weight excluding hydrogens is 190 g/mol. The Morgan fingerprint density at radius 1 is 1.27 bits per heavy atom. The Morgan fingerprint density at radius 3 is 2.53 bits per heavy atom. The van der Waals surface area contributed by atoms with Crippen LogP contribution in [-0.4, -0.2) is 35.1 Å². The minimum Gasteiger partial charge on any atom is -0.389 e. The Balaban J connectivity index is 1.55. The molecule has 1 heterocycles. The molecule has 1 saturated carbocycles. The first-order chi connectivity index (χ1) is 7.25. The summed E-state index contributed by atoms with van der Waals surface area (Å²) in [6, 6.07) is 0. The third-order valence-corrected chi connectivity index (χ3v) is 3.69. The Labute approximate surface area is 91.5 Å². The van der Waals surface area contributed by atoms with Crippen molar-refractivity contribution in [1.82, 2.24) is 4.90 Å². The van der Waals surface area contributed by atoms with Gasteiger partial charge in [0.05, 0.1) is 6.10 Å². The van der Waals surface area contributed by atoms with E-state index >= 15 is 0 Å². The van der Waals surface area contributed by atoms with Gasteiger partial charge in [-0.3, -0.25) is 4.79 Å². The van der Waals surface area contributed by atoms with E-state index in [0.717, 1.165) is 12.3 Å².